The van der Waals surface area contributed by atoms with E-state index in [1.807, 2.05) is 0 Å². The van der Waals surface area contributed by atoms with Gasteiger partial charge in [-0.3, -0.25) is 9.59 Å². The van der Waals surface area contributed by atoms with E-state index in [1.54, 1.807) is 0 Å². The zero-order valence-corrected chi connectivity index (χ0v) is 14.7. The van der Waals surface area contributed by atoms with E-state index in [2.05, 4.69) is 0 Å². The molecule has 0 saturated carbocycles. The molecule has 4 aromatic rings. The fraction of sp³-hybridized carbons (Fsp3) is 0.100. The van der Waals surface area contributed by atoms with Gasteiger partial charge in [0.15, 0.2) is 40.3 Å². The Bertz CT molecular complexity index is 1410. The summed E-state index contributed by atoms with van der Waals surface area (Å²) >= 11 is 0. The minimum atomic E-state index is -2.65. The normalized spacial score (nSPS) is 18.2. The Labute approximate surface area is 160 Å². The molecule has 1 aliphatic rings. The van der Waals surface area contributed by atoms with Crippen LogP contribution in [-0.4, -0.2) is 37.1 Å². The van der Waals surface area contributed by atoms with E-state index < -0.39 is 40.2 Å². The van der Waals surface area contributed by atoms with Gasteiger partial charge in [0.1, 0.15) is 11.2 Å². The Hall–Kier alpha value is -3.98. The van der Waals surface area contributed by atoms with Crippen molar-refractivity contribution in [1.29, 1.82) is 0 Å². The summed E-state index contributed by atoms with van der Waals surface area (Å²) in [6, 6.07) is 4.31. The molecule has 29 heavy (non-hydrogen) atoms. The SMILES string of the molecule is CC(=O)C1(O)C(=O)c2c(oc3cc(O)c(O)cc23)-c2oc3cc(O)c(O)cc3c21. The maximum atomic E-state index is 13.3. The van der Waals surface area contributed by atoms with Crippen LogP contribution < -0.4 is 0 Å². The number of phenolic OH excluding ortho intramolecular Hbond substituents is 4. The summed E-state index contributed by atoms with van der Waals surface area (Å²) < 4.78 is 11.3. The molecule has 0 radical (unpaired) electrons. The van der Waals surface area contributed by atoms with Crippen LogP contribution >= 0.6 is 0 Å². The maximum absolute atomic E-state index is 13.3. The van der Waals surface area contributed by atoms with Crippen LogP contribution in [0.5, 0.6) is 23.0 Å². The molecular formula is C20H12O9. The number of phenols is 4. The highest BCUT2D eigenvalue weighted by molar-refractivity contribution is 6.28. The Morgan fingerprint density at radius 3 is 1.90 bits per heavy atom. The Balaban J connectivity index is 2.00. The average Bonchev–Trinajstić information content (AvgIpc) is 3.19. The largest absolute Gasteiger partial charge is 0.504 e. The summed E-state index contributed by atoms with van der Waals surface area (Å²) in [4.78, 5) is 25.7. The highest BCUT2D eigenvalue weighted by Crippen LogP contribution is 2.52. The first-order chi connectivity index (χ1) is 13.6. The van der Waals surface area contributed by atoms with Crippen molar-refractivity contribution in [2.75, 3.05) is 0 Å². The third-order valence-electron chi connectivity index (χ3n) is 5.20. The molecule has 5 N–H and O–H groups in total. The third kappa shape index (κ3) is 1.91. The fourth-order valence-corrected chi connectivity index (χ4v) is 3.78. The smallest absolute Gasteiger partial charge is 0.216 e. The number of Topliss-reactive ketones (excluding diaryl/α,β-unsaturated/α-hetero) is 2. The van der Waals surface area contributed by atoms with Crippen molar-refractivity contribution in [2.24, 2.45) is 0 Å². The van der Waals surface area contributed by atoms with Crippen LogP contribution in [0, 0.1) is 0 Å². The number of hydrogen-bond donors (Lipinski definition) is 5. The van der Waals surface area contributed by atoms with E-state index in [1.165, 1.54) is 0 Å². The molecule has 2 aromatic carbocycles. The van der Waals surface area contributed by atoms with E-state index in [0.29, 0.717) is 0 Å². The van der Waals surface area contributed by atoms with Gasteiger partial charge in [0.2, 0.25) is 11.4 Å². The molecule has 2 heterocycles. The van der Waals surface area contributed by atoms with Gasteiger partial charge in [0, 0.05) is 22.9 Å². The molecule has 5 rings (SSSR count). The molecule has 0 bridgehead atoms. The molecule has 146 valence electrons. The van der Waals surface area contributed by atoms with E-state index in [0.717, 1.165) is 31.2 Å². The Kier molecular flexibility index (Phi) is 3.01. The highest BCUT2D eigenvalue weighted by atomic mass is 16.4. The summed E-state index contributed by atoms with van der Waals surface area (Å²) in [6.07, 6.45) is 0. The van der Waals surface area contributed by atoms with Crippen LogP contribution in [-0.2, 0) is 10.4 Å². The second kappa shape index (κ2) is 5.09. The predicted molar refractivity (Wildman–Crippen MR) is 97.0 cm³/mol. The van der Waals surface area contributed by atoms with Crippen molar-refractivity contribution in [1.82, 2.24) is 0 Å². The molecule has 0 amide bonds. The van der Waals surface area contributed by atoms with Crippen LogP contribution in [0.4, 0.5) is 0 Å². The predicted octanol–water partition coefficient (Wildman–Crippen LogP) is 2.64. The van der Waals surface area contributed by atoms with Crippen LogP contribution in [0.1, 0.15) is 22.8 Å². The number of benzene rings is 2. The molecule has 9 nitrogen and oxygen atoms in total. The monoisotopic (exact) mass is 396 g/mol. The maximum Gasteiger partial charge on any atom is 0.216 e. The van der Waals surface area contributed by atoms with Gasteiger partial charge in [0.05, 0.1) is 11.1 Å². The Morgan fingerprint density at radius 2 is 1.31 bits per heavy atom. The number of carbonyl (C=O) groups excluding carboxylic acids is 2. The average molecular weight is 396 g/mol. The minimum Gasteiger partial charge on any atom is -0.504 e. The van der Waals surface area contributed by atoms with E-state index in [9.17, 15) is 35.1 Å². The Morgan fingerprint density at radius 1 is 0.828 bits per heavy atom. The first-order valence-corrected chi connectivity index (χ1v) is 8.40. The van der Waals surface area contributed by atoms with Gasteiger partial charge in [-0.1, -0.05) is 0 Å². The van der Waals surface area contributed by atoms with Crippen molar-refractivity contribution in [2.45, 2.75) is 12.5 Å². The first kappa shape index (κ1) is 17.1. The van der Waals surface area contributed by atoms with Gasteiger partial charge in [0.25, 0.3) is 0 Å². The summed E-state index contributed by atoms with van der Waals surface area (Å²) in [6.45, 7) is 1.03. The number of furan rings is 2. The molecule has 0 aliphatic heterocycles. The summed E-state index contributed by atoms with van der Waals surface area (Å²) in [5.74, 6) is -4.22. The molecule has 2 aromatic heterocycles. The van der Waals surface area contributed by atoms with Crippen molar-refractivity contribution >= 4 is 33.5 Å². The van der Waals surface area contributed by atoms with Gasteiger partial charge < -0.3 is 34.4 Å². The molecule has 1 aliphatic carbocycles. The number of carbonyl (C=O) groups is 2. The lowest BCUT2D eigenvalue weighted by molar-refractivity contribution is -0.131. The van der Waals surface area contributed by atoms with Gasteiger partial charge in [-0.15, -0.1) is 0 Å². The van der Waals surface area contributed by atoms with Crippen molar-refractivity contribution in [3.8, 4) is 34.5 Å². The van der Waals surface area contributed by atoms with Crippen LogP contribution in [0.2, 0.25) is 0 Å². The standard InChI is InChI=1S/C20H12O9/c1-6(21)20(27)16-8-3-10(23)12(25)5-14(8)29-18(16)17-15(19(20)26)7-2-9(22)11(24)4-13(7)28-17/h2-5,22-25,27H,1H3. The first-order valence-electron chi connectivity index (χ1n) is 8.40. The zero-order valence-electron chi connectivity index (χ0n) is 14.7. The number of hydrogen-bond acceptors (Lipinski definition) is 9. The van der Waals surface area contributed by atoms with Crippen molar-refractivity contribution in [3.05, 3.63) is 35.4 Å². The van der Waals surface area contributed by atoms with Crippen LogP contribution in [0.15, 0.2) is 33.1 Å². The molecule has 9 heteroatoms. The van der Waals surface area contributed by atoms with Crippen LogP contribution in [0.25, 0.3) is 33.5 Å². The van der Waals surface area contributed by atoms with Crippen molar-refractivity contribution in [3.63, 3.8) is 0 Å². The molecule has 0 saturated heterocycles. The van der Waals surface area contributed by atoms with Crippen molar-refractivity contribution < 1.29 is 44.0 Å². The summed E-state index contributed by atoms with van der Waals surface area (Å²) in [5, 5.41) is 50.5. The lowest BCUT2D eigenvalue weighted by Gasteiger charge is -2.27. The lowest BCUT2D eigenvalue weighted by Crippen LogP contribution is -2.44. The summed E-state index contributed by atoms with van der Waals surface area (Å²) in [5.41, 5.74) is -3.06. The van der Waals surface area contributed by atoms with Crippen LogP contribution in [0.3, 0.4) is 0 Å². The number of aliphatic hydroxyl groups is 1. The van der Waals surface area contributed by atoms with Gasteiger partial charge in [-0.25, -0.2) is 0 Å². The van der Waals surface area contributed by atoms with Gasteiger partial charge in [-0.05, 0) is 19.1 Å². The van der Waals surface area contributed by atoms with Gasteiger partial charge in [-0.2, -0.15) is 0 Å². The quantitative estimate of drug-likeness (QED) is 0.240. The third-order valence-corrected chi connectivity index (χ3v) is 5.20. The number of rotatable bonds is 1. The molecule has 1 unspecified atom stereocenters. The zero-order chi connectivity index (χ0) is 20.8. The number of ketones is 2. The van der Waals surface area contributed by atoms with E-state index in [-0.39, 0.29) is 44.6 Å². The number of fused-ring (bicyclic) bond motifs is 7. The minimum absolute atomic E-state index is 0.00299. The lowest BCUT2D eigenvalue weighted by atomic mass is 9.76. The molecule has 0 spiro atoms. The van der Waals surface area contributed by atoms with Gasteiger partial charge >= 0.3 is 0 Å². The fourth-order valence-electron chi connectivity index (χ4n) is 3.78. The second-order valence-electron chi connectivity index (χ2n) is 6.88. The second-order valence-corrected chi connectivity index (χ2v) is 6.88. The van der Waals surface area contributed by atoms with E-state index >= 15 is 0 Å². The van der Waals surface area contributed by atoms with E-state index in [4.69, 9.17) is 8.83 Å². The highest BCUT2D eigenvalue weighted by Gasteiger charge is 2.54. The molecule has 0 fully saturated rings. The topological polar surface area (TPSA) is 162 Å². The molecular weight excluding hydrogens is 384 g/mol. The molecule has 1 atom stereocenters. The summed E-state index contributed by atoms with van der Waals surface area (Å²) in [7, 11) is 0. The number of aromatic hydroxyl groups is 4.